The van der Waals surface area contributed by atoms with Crippen molar-refractivity contribution in [1.82, 2.24) is 9.55 Å². The quantitative estimate of drug-likeness (QED) is 0.212. The number of thioether (sulfide) groups is 1. The van der Waals surface area contributed by atoms with Crippen molar-refractivity contribution in [3.8, 4) is 11.1 Å². The second-order valence-corrected chi connectivity index (χ2v) is 8.87. The molecule has 0 unspecified atom stereocenters. The fourth-order valence-corrected chi connectivity index (χ4v) is 5.14. The SMILES string of the molecule is C=CCn1c(SCc2ccc(C)cc2)nc2scc(-c3ccc(C)cc3)c2c1=O. The van der Waals surface area contributed by atoms with Gasteiger partial charge in [0.15, 0.2) is 5.16 Å². The molecule has 0 aliphatic heterocycles. The van der Waals surface area contributed by atoms with Crippen molar-refractivity contribution in [1.29, 1.82) is 0 Å². The lowest BCUT2D eigenvalue weighted by molar-refractivity contribution is 0.673. The predicted octanol–water partition coefficient (Wildman–Crippen LogP) is 6.22. The van der Waals surface area contributed by atoms with Gasteiger partial charge in [-0.05, 0) is 25.0 Å². The molecule has 29 heavy (non-hydrogen) atoms. The molecule has 2 aromatic carbocycles. The lowest BCUT2D eigenvalue weighted by Gasteiger charge is -2.11. The third-order valence-corrected chi connectivity index (χ3v) is 6.74. The van der Waals surface area contributed by atoms with E-state index in [9.17, 15) is 4.79 Å². The molecule has 0 N–H and O–H groups in total. The van der Waals surface area contributed by atoms with Gasteiger partial charge in [0, 0.05) is 23.2 Å². The highest BCUT2D eigenvalue weighted by atomic mass is 32.2. The second kappa shape index (κ2) is 8.39. The van der Waals surface area contributed by atoms with Crippen LogP contribution >= 0.6 is 23.1 Å². The van der Waals surface area contributed by atoms with Crippen molar-refractivity contribution in [2.75, 3.05) is 0 Å². The summed E-state index contributed by atoms with van der Waals surface area (Å²) in [5, 5.41) is 3.47. The molecule has 146 valence electrons. The molecule has 0 amide bonds. The molecule has 0 atom stereocenters. The van der Waals surface area contributed by atoms with E-state index in [0.717, 1.165) is 26.9 Å². The number of aryl methyl sites for hydroxylation is 2. The van der Waals surface area contributed by atoms with Gasteiger partial charge in [0.2, 0.25) is 0 Å². The Bertz CT molecular complexity index is 1220. The zero-order valence-corrected chi connectivity index (χ0v) is 18.1. The molecular weight excluding hydrogens is 396 g/mol. The highest BCUT2D eigenvalue weighted by Gasteiger charge is 2.17. The number of hydrogen-bond donors (Lipinski definition) is 0. The van der Waals surface area contributed by atoms with Crippen LogP contribution in [0.3, 0.4) is 0 Å². The monoisotopic (exact) mass is 418 g/mol. The molecule has 0 aliphatic rings. The molecule has 5 heteroatoms. The van der Waals surface area contributed by atoms with E-state index in [4.69, 9.17) is 4.98 Å². The fourth-order valence-electron chi connectivity index (χ4n) is 3.18. The van der Waals surface area contributed by atoms with E-state index < -0.39 is 0 Å². The zero-order chi connectivity index (χ0) is 20.4. The maximum Gasteiger partial charge on any atom is 0.263 e. The van der Waals surface area contributed by atoms with Crippen LogP contribution in [-0.2, 0) is 12.3 Å². The maximum absolute atomic E-state index is 13.4. The minimum absolute atomic E-state index is 0.00173. The van der Waals surface area contributed by atoms with Crippen molar-refractivity contribution in [2.24, 2.45) is 0 Å². The molecule has 0 radical (unpaired) electrons. The Morgan fingerprint density at radius 1 is 1.07 bits per heavy atom. The summed E-state index contributed by atoms with van der Waals surface area (Å²) in [6.07, 6.45) is 1.75. The summed E-state index contributed by atoms with van der Waals surface area (Å²) in [4.78, 5) is 19.0. The molecular formula is C24H22N2OS2. The van der Waals surface area contributed by atoms with E-state index in [0.29, 0.717) is 11.9 Å². The minimum Gasteiger partial charge on any atom is -0.283 e. The zero-order valence-electron chi connectivity index (χ0n) is 16.5. The van der Waals surface area contributed by atoms with Crippen LogP contribution in [0.15, 0.2) is 76.5 Å². The topological polar surface area (TPSA) is 34.9 Å². The number of fused-ring (bicyclic) bond motifs is 1. The molecule has 4 rings (SSSR count). The maximum atomic E-state index is 13.4. The number of allylic oxidation sites excluding steroid dienone is 1. The van der Waals surface area contributed by atoms with Crippen LogP contribution in [0.25, 0.3) is 21.3 Å². The van der Waals surface area contributed by atoms with Crippen LogP contribution in [0, 0.1) is 13.8 Å². The Balaban J connectivity index is 1.76. The highest BCUT2D eigenvalue weighted by molar-refractivity contribution is 7.98. The highest BCUT2D eigenvalue weighted by Crippen LogP contribution is 2.33. The van der Waals surface area contributed by atoms with Crippen molar-refractivity contribution in [3.63, 3.8) is 0 Å². The number of benzene rings is 2. The van der Waals surface area contributed by atoms with E-state index in [1.54, 1.807) is 22.4 Å². The first kappa shape index (κ1) is 19.7. The van der Waals surface area contributed by atoms with Crippen LogP contribution in [-0.4, -0.2) is 9.55 Å². The first-order valence-electron chi connectivity index (χ1n) is 9.45. The van der Waals surface area contributed by atoms with Gasteiger partial charge >= 0.3 is 0 Å². The largest absolute Gasteiger partial charge is 0.283 e. The third kappa shape index (κ3) is 4.07. The molecule has 0 bridgehead atoms. The number of thiophene rings is 1. The van der Waals surface area contributed by atoms with Gasteiger partial charge in [-0.15, -0.1) is 17.9 Å². The van der Waals surface area contributed by atoms with Gasteiger partial charge in [-0.3, -0.25) is 9.36 Å². The van der Waals surface area contributed by atoms with Gasteiger partial charge in [0.05, 0.1) is 5.39 Å². The summed E-state index contributed by atoms with van der Waals surface area (Å²) in [7, 11) is 0. The first-order chi connectivity index (χ1) is 14.1. The fraction of sp³-hybridized carbons (Fsp3) is 0.167. The van der Waals surface area contributed by atoms with Gasteiger partial charge in [-0.2, -0.15) is 0 Å². The Morgan fingerprint density at radius 3 is 2.38 bits per heavy atom. The minimum atomic E-state index is -0.00173. The normalized spacial score (nSPS) is 11.1. The van der Waals surface area contributed by atoms with Gasteiger partial charge in [-0.1, -0.05) is 77.5 Å². The average molecular weight is 419 g/mol. The second-order valence-electron chi connectivity index (χ2n) is 7.07. The summed E-state index contributed by atoms with van der Waals surface area (Å²) in [5.41, 5.74) is 5.65. The smallest absolute Gasteiger partial charge is 0.263 e. The van der Waals surface area contributed by atoms with Crippen LogP contribution in [0.1, 0.15) is 16.7 Å². The molecule has 0 aliphatic carbocycles. The van der Waals surface area contributed by atoms with Gasteiger partial charge in [-0.25, -0.2) is 4.98 Å². The summed E-state index contributed by atoms with van der Waals surface area (Å²) in [6, 6.07) is 16.7. The molecule has 0 fully saturated rings. The molecule has 0 saturated carbocycles. The predicted molar refractivity (Wildman–Crippen MR) is 125 cm³/mol. The molecule has 3 nitrogen and oxygen atoms in total. The summed E-state index contributed by atoms with van der Waals surface area (Å²) >= 11 is 3.12. The lowest BCUT2D eigenvalue weighted by Crippen LogP contribution is -2.22. The van der Waals surface area contributed by atoms with Gasteiger partial charge in [0.1, 0.15) is 4.83 Å². The number of rotatable bonds is 6. The molecule has 0 spiro atoms. The van der Waals surface area contributed by atoms with Crippen LogP contribution < -0.4 is 5.56 Å². The van der Waals surface area contributed by atoms with Gasteiger partial charge in [0.25, 0.3) is 5.56 Å². The Kier molecular flexibility index (Phi) is 5.69. The Hall–Kier alpha value is -2.63. The Morgan fingerprint density at radius 2 is 1.72 bits per heavy atom. The summed E-state index contributed by atoms with van der Waals surface area (Å²) in [5.74, 6) is 0.769. The van der Waals surface area contributed by atoms with Crippen molar-refractivity contribution < 1.29 is 0 Å². The van der Waals surface area contributed by atoms with E-state index in [-0.39, 0.29) is 5.56 Å². The van der Waals surface area contributed by atoms with Crippen molar-refractivity contribution in [2.45, 2.75) is 31.3 Å². The van der Waals surface area contributed by atoms with E-state index >= 15 is 0 Å². The van der Waals surface area contributed by atoms with Crippen LogP contribution in [0.4, 0.5) is 0 Å². The standard InChI is InChI=1S/C24H22N2OS2/c1-4-13-26-23(27)21-20(19-11-7-17(3)8-12-19)15-28-22(21)25-24(26)29-14-18-9-5-16(2)6-10-18/h4-12,15H,1,13-14H2,2-3H3. The molecule has 4 aromatic rings. The average Bonchev–Trinajstić information content (AvgIpc) is 3.15. The number of hydrogen-bond acceptors (Lipinski definition) is 4. The molecule has 2 heterocycles. The van der Waals surface area contributed by atoms with E-state index in [1.165, 1.54) is 28.0 Å². The Labute approximate surface area is 178 Å². The third-order valence-electron chi connectivity index (χ3n) is 4.82. The van der Waals surface area contributed by atoms with Crippen molar-refractivity contribution >= 4 is 33.3 Å². The van der Waals surface area contributed by atoms with Crippen LogP contribution in [0.2, 0.25) is 0 Å². The number of aromatic nitrogens is 2. The molecule has 0 saturated heterocycles. The summed E-state index contributed by atoms with van der Waals surface area (Å²) in [6.45, 7) is 8.42. The van der Waals surface area contributed by atoms with Gasteiger partial charge < -0.3 is 0 Å². The van der Waals surface area contributed by atoms with Crippen molar-refractivity contribution in [3.05, 3.63) is 93.6 Å². The van der Waals surface area contributed by atoms with E-state index in [2.05, 4.69) is 69.0 Å². The van der Waals surface area contributed by atoms with E-state index in [1.807, 2.05) is 5.38 Å². The number of nitrogens with zero attached hydrogens (tertiary/aromatic N) is 2. The summed E-state index contributed by atoms with van der Waals surface area (Å²) < 4.78 is 1.73. The lowest BCUT2D eigenvalue weighted by atomic mass is 10.1. The first-order valence-corrected chi connectivity index (χ1v) is 11.3. The van der Waals surface area contributed by atoms with Crippen LogP contribution in [0.5, 0.6) is 0 Å². The molecule has 2 aromatic heterocycles.